The number of anilines is 1. The zero-order valence-electron chi connectivity index (χ0n) is 18.6. The van der Waals surface area contributed by atoms with Crippen LogP contribution < -0.4 is 19.5 Å². The van der Waals surface area contributed by atoms with Gasteiger partial charge in [-0.25, -0.2) is 9.67 Å². The summed E-state index contributed by atoms with van der Waals surface area (Å²) in [6.45, 7) is 3.77. The van der Waals surface area contributed by atoms with Crippen molar-refractivity contribution in [2.24, 2.45) is 10.9 Å². The summed E-state index contributed by atoms with van der Waals surface area (Å²) in [6.07, 6.45) is 1.43. The topological polar surface area (TPSA) is 99.9 Å². The molecule has 1 aliphatic rings. The van der Waals surface area contributed by atoms with Gasteiger partial charge in [-0.05, 0) is 43.2 Å². The first-order valence-electron chi connectivity index (χ1n) is 10.1. The van der Waals surface area contributed by atoms with Gasteiger partial charge in [0.05, 0.1) is 27.4 Å². The number of aromatic nitrogens is 3. The molecule has 0 spiro atoms. The van der Waals surface area contributed by atoms with Gasteiger partial charge in [0.25, 0.3) is 0 Å². The Morgan fingerprint density at radius 3 is 2.34 bits per heavy atom. The van der Waals surface area contributed by atoms with Crippen LogP contribution in [0.15, 0.2) is 47.7 Å². The van der Waals surface area contributed by atoms with Crippen LogP contribution in [0, 0.1) is 12.8 Å². The fourth-order valence-electron chi connectivity index (χ4n) is 3.98. The number of carbonyl (C=O) groups is 1. The van der Waals surface area contributed by atoms with Crippen LogP contribution in [0.2, 0.25) is 0 Å². The second-order valence-corrected chi connectivity index (χ2v) is 7.44. The first kappa shape index (κ1) is 21.4. The molecule has 0 saturated heterocycles. The summed E-state index contributed by atoms with van der Waals surface area (Å²) in [6, 6.07) is 10.8. The average Bonchev–Trinajstić information content (AvgIpc) is 3.26. The Morgan fingerprint density at radius 2 is 1.72 bits per heavy atom. The Balaban J connectivity index is 1.83. The largest absolute Gasteiger partial charge is 0.493 e. The van der Waals surface area contributed by atoms with E-state index in [0.29, 0.717) is 28.9 Å². The first-order valence-corrected chi connectivity index (χ1v) is 10.1. The van der Waals surface area contributed by atoms with E-state index in [-0.39, 0.29) is 5.91 Å². The van der Waals surface area contributed by atoms with Crippen molar-refractivity contribution in [3.63, 3.8) is 0 Å². The molecule has 1 N–H and O–H groups in total. The number of methoxy groups -OCH3 is 3. The lowest BCUT2D eigenvalue weighted by molar-refractivity contribution is -0.118. The number of aryl methyl sites for hydroxylation is 1. The summed E-state index contributed by atoms with van der Waals surface area (Å²) >= 11 is 0. The van der Waals surface area contributed by atoms with Crippen LogP contribution in [0.4, 0.5) is 11.6 Å². The van der Waals surface area contributed by atoms with Gasteiger partial charge in [-0.15, -0.1) is 0 Å². The van der Waals surface area contributed by atoms with Crippen molar-refractivity contribution in [2.75, 3.05) is 26.6 Å². The number of ether oxygens (including phenoxy) is 3. The number of benzene rings is 2. The van der Waals surface area contributed by atoms with Crippen LogP contribution in [-0.2, 0) is 4.79 Å². The van der Waals surface area contributed by atoms with E-state index in [1.165, 1.54) is 6.33 Å². The highest BCUT2D eigenvalue weighted by molar-refractivity contribution is 6.10. The Kier molecular flexibility index (Phi) is 5.81. The average molecular weight is 435 g/mol. The molecule has 32 heavy (non-hydrogen) atoms. The maximum atomic E-state index is 13.5. The molecular formula is C23H25N5O4. The maximum Gasteiger partial charge on any atom is 0.248 e. The molecule has 2 atom stereocenters. The summed E-state index contributed by atoms with van der Waals surface area (Å²) in [5, 5.41) is 7.41. The van der Waals surface area contributed by atoms with Gasteiger partial charge in [-0.3, -0.25) is 4.79 Å². The highest BCUT2D eigenvalue weighted by Gasteiger charge is 2.39. The number of amides is 1. The van der Waals surface area contributed by atoms with E-state index < -0.39 is 12.0 Å². The molecule has 0 bridgehead atoms. The monoisotopic (exact) mass is 435 g/mol. The fourth-order valence-corrected chi connectivity index (χ4v) is 3.98. The standard InChI is InChI=1S/C23H25N5O4/c1-13-8-6-7-9-16(13)27-22(29)19-14(2)26-23-24-12-25-28(23)20(19)15-10-17(30-3)21(32-5)18(11-15)31-4/h6-12,19-20H,1-5H3,(H,27,29). The van der Waals surface area contributed by atoms with Crippen molar-refractivity contribution in [3.05, 3.63) is 53.9 Å². The van der Waals surface area contributed by atoms with Gasteiger partial charge in [-0.2, -0.15) is 10.1 Å². The minimum absolute atomic E-state index is 0.194. The van der Waals surface area contributed by atoms with Crippen LogP contribution >= 0.6 is 0 Å². The Hall–Kier alpha value is -3.88. The minimum Gasteiger partial charge on any atom is -0.493 e. The van der Waals surface area contributed by atoms with Crippen molar-refractivity contribution in [1.82, 2.24) is 14.8 Å². The number of para-hydroxylation sites is 1. The molecule has 9 heteroatoms. The quantitative estimate of drug-likeness (QED) is 0.636. The van der Waals surface area contributed by atoms with Gasteiger partial charge in [0.15, 0.2) is 11.5 Å². The van der Waals surface area contributed by atoms with E-state index in [9.17, 15) is 4.79 Å². The molecule has 0 fully saturated rings. The lowest BCUT2D eigenvalue weighted by Gasteiger charge is -2.31. The number of carbonyl (C=O) groups excluding carboxylic acids is 1. The Bertz CT molecular complexity index is 1160. The first-order chi connectivity index (χ1) is 15.5. The minimum atomic E-state index is -0.633. The number of aliphatic imine (C=N–C) groups is 1. The van der Waals surface area contributed by atoms with Gasteiger partial charge in [-0.1, -0.05) is 18.2 Å². The predicted octanol–water partition coefficient (Wildman–Crippen LogP) is 3.56. The third-order valence-corrected chi connectivity index (χ3v) is 5.57. The van der Waals surface area contributed by atoms with E-state index in [4.69, 9.17) is 14.2 Å². The molecule has 0 aliphatic carbocycles. The van der Waals surface area contributed by atoms with Crippen LogP contribution in [0.3, 0.4) is 0 Å². The summed E-state index contributed by atoms with van der Waals surface area (Å²) < 4.78 is 18.2. The summed E-state index contributed by atoms with van der Waals surface area (Å²) in [7, 11) is 4.65. The molecule has 1 amide bonds. The fraction of sp³-hybridized carbons (Fsp3) is 0.304. The third-order valence-electron chi connectivity index (χ3n) is 5.57. The van der Waals surface area contributed by atoms with E-state index in [1.54, 1.807) is 26.0 Å². The van der Waals surface area contributed by atoms with Gasteiger partial charge < -0.3 is 19.5 Å². The van der Waals surface area contributed by atoms with E-state index in [2.05, 4.69) is 20.4 Å². The normalized spacial score (nSPS) is 17.2. The highest BCUT2D eigenvalue weighted by atomic mass is 16.5. The molecule has 166 valence electrons. The van der Waals surface area contributed by atoms with Crippen molar-refractivity contribution in [3.8, 4) is 17.2 Å². The summed E-state index contributed by atoms with van der Waals surface area (Å²) in [5.41, 5.74) is 3.11. The van der Waals surface area contributed by atoms with Crippen LogP contribution in [0.5, 0.6) is 17.2 Å². The van der Waals surface area contributed by atoms with Crippen LogP contribution in [0.25, 0.3) is 0 Å². The number of hydrogen-bond acceptors (Lipinski definition) is 7. The van der Waals surface area contributed by atoms with Gasteiger partial charge in [0.2, 0.25) is 17.6 Å². The number of rotatable bonds is 6. The molecule has 9 nitrogen and oxygen atoms in total. The van der Waals surface area contributed by atoms with E-state index >= 15 is 0 Å². The third kappa shape index (κ3) is 3.66. The van der Waals surface area contributed by atoms with Crippen LogP contribution in [0.1, 0.15) is 24.1 Å². The molecule has 0 radical (unpaired) electrons. The molecule has 0 saturated carbocycles. The molecule has 2 unspecified atom stereocenters. The molecule has 2 heterocycles. The molecule has 1 aliphatic heterocycles. The molecule has 1 aromatic heterocycles. The van der Waals surface area contributed by atoms with E-state index in [0.717, 1.165) is 16.8 Å². The lowest BCUT2D eigenvalue weighted by Crippen LogP contribution is -2.39. The van der Waals surface area contributed by atoms with Crippen LogP contribution in [-0.4, -0.2) is 47.7 Å². The summed E-state index contributed by atoms with van der Waals surface area (Å²) in [5.74, 6) is 1.05. The maximum absolute atomic E-state index is 13.5. The molecule has 2 aromatic carbocycles. The van der Waals surface area contributed by atoms with Gasteiger partial charge in [0.1, 0.15) is 12.2 Å². The summed E-state index contributed by atoms with van der Waals surface area (Å²) in [4.78, 5) is 22.3. The highest BCUT2D eigenvalue weighted by Crippen LogP contribution is 2.44. The zero-order valence-corrected chi connectivity index (χ0v) is 18.6. The predicted molar refractivity (Wildman–Crippen MR) is 120 cm³/mol. The van der Waals surface area contributed by atoms with Crippen molar-refractivity contribution < 1.29 is 19.0 Å². The Morgan fingerprint density at radius 1 is 1.03 bits per heavy atom. The smallest absolute Gasteiger partial charge is 0.248 e. The second-order valence-electron chi connectivity index (χ2n) is 7.44. The number of nitrogens with one attached hydrogen (secondary N) is 1. The molecule has 3 aromatic rings. The molecule has 4 rings (SSSR count). The number of fused-ring (bicyclic) bond motifs is 1. The van der Waals surface area contributed by atoms with Gasteiger partial charge >= 0.3 is 0 Å². The van der Waals surface area contributed by atoms with Crippen molar-refractivity contribution in [2.45, 2.75) is 19.9 Å². The van der Waals surface area contributed by atoms with Crippen molar-refractivity contribution >= 4 is 23.3 Å². The Labute approximate surface area is 186 Å². The number of hydrogen-bond donors (Lipinski definition) is 1. The zero-order chi connectivity index (χ0) is 22.8. The SMILES string of the molecule is COc1cc(C2C(C(=O)Nc3ccccc3C)C(C)=Nc3ncnn32)cc(OC)c1OC. The lowest BCUT2D eigenvalue weighted by atomic mass is 9.87. The second kappa shape index (κ2) is 8.70. The van der Waals surface area contributed by atoms with E-state index in [1.807, 2.05) is 50.2 Å². The molecular weight excluding hydrogens is 410 g/mol. The van der Waals surface area contributed by atoms with Crippen molar-refractivity contribution in [1.29, 1.82) is 0 Å². The van der Waals surface area contributed by atoms with Gasteiger partial charge in [0, 0.05) is 11.4 Å². The number of nitrogens with zero attached hydrogens (tertiary/aromatic N) is 4.